The van der Waals surface area contributed by atoms with E-state index in [4.69, 9.17) is 0 Å². The van der Waals surface area contributed by atoms with Crippen LogP contribution in [0.2, 0.25) is 0 Å². The third-order valence-electron chi connectivity index (χ3n) is 4.30. The number of phenolic OH excluding ortho intramolecular Hbond substituents is 2. The average Bonchev–Trinajstić information content (AvgIpc) is 2.59. The average molecular weight is 362 g/mol. The minimum atomic E-state index is -1.38. The zero-order valence-corrected chi connectivity index (χ0v) is 12.5. The van der Waals surface area contributed by atoms with Gasteiger partial charge >= 0.3 is 0 Å². The normalized spacial score (nSPS) is 13.1. The second kappa shape index (κ2) is 5.04. The van der Waals surface area contributed by atoms with Crippen molar-refractivity contribution in [1.29, 1.82) is 0 Å². The molecule has 26 heavy (non-hydrogen) atoms. The van der Waals surface area contributed by atoms with E-state index in [1.165, 1.54) is 0 Å². The topological polar surface area (TPSA) is 74.6 Å². The maximum absolute atomic E-state index is 13.5. The number of halogens is 4. The molecule has 1 aliphatic carbocycles. The lowest BCUT2D eigenvalue weighted by Crippen LogP contribution is -2.22. The minimum absolute atomic E-state index is 0.410. The van der Waals surface area contributed by atoms with Crippen LogP contribution < -0.4 is 0 Å². The molecule has 0 aliphatic heterocycles. The third-order valence-corrected chi connectivity index (χ3v) is 4.30. The van der Waals surface area contributed by atoms with Crippen LogP contribution in [0, 0.1) is 23.3 Å². The molecule has 4 nitrogen and oxygen atoms in total. The van der Waals surface area contributed by atoms with Gasteiger partial charge in [0.1, 0.15) is 11.5 Å². The van der Waals surface area contributed by atoms with Gasteiger partial charge in [0, 0.05) is 21.9 Å². The quantitative estimate of drug-likeness (QED) is 0.370. The highest BCUT2D eigenvalue weighted by molar-refractivity contribution is 6.32. The summed E-state index contributed by atoms with van der Waals surface area (Å²) in [5.41, 5.74) is -2.41. The highest BCUT2D eigenvalue weighted by Crippen LogP contribution is 2.45. The van der Waals surface area contributed by atoms with E-state index < -0.39 is 79.4 Å². The van der Waals surface area contributed by atoms with E-state index in [1.54, 1.807) is 0 Å². The Morgan fingerprint density at radius 1 is 0.577 bits per heavy atom. The standard InChI is InChI=1S/C18H6F4O4/c19-9-1-5-6(2-10(9)20)16(24)14-13(15(5)23)17(25)7-3-11(21)12(22)4-8(7)18(14)26/h1-4,23-24H. The number of fused-ring (bicyclic) bond motifs is 3. The number of benzene rings is 3. The van der Waals surface area contributed by atoms with Gasteiger partial charge in [0.2, 0.25) is 0 Å². The number of hydrogen-bond acceptors (Lipinski definition) is 4. The molecular weight excluding hydrogens is 356 g/mol. The van der Waals surface area contributed by atoms with Gasteiger partial charge in [-0.05, 0) is 24.3 Å². The van der Waals surface area contributed by atoms with Crippen LogP contribution in [-0.2, 0) is 0 Å². The van der Waals surface area contributed by atoms with Crippen molar-refractivity contribution in [2.75, 3.05) is 0 Å². The Morgan fingerprint density at radius 2 is 0.885 bits per heavy atom. The molecule has 4 rings (SSSR count). The summed E-state index contributed by atoms with van der Waals surface area (Å²) in [5, 5.41) is 19.8. The molecule has 3 aromatic rings. The van der Waals surface area contributed by atoms with Crippen molar-refractivity contribution in [3.8, 4) is 11.5 Å². The summed E-state index contributed by atoms with van der Waals surface area (Å²) < 4.78 is 53.9. The van der Waals surface area contributed by atoms with E-state index in [0.717, 1.165) is 0 Å². The molecule has 2 N–H and O–H groups in total. The molecule has 8 heteroatoms. The maximum atomic E-state index is 13.5. The van der Waals surface area contributed by atoms with Crippen LogP contribution in [-0.4, -0.2) is 21.8 Å². The van der Waals surface area contributed by atoms with Crippen molar-refractivity contribution in [3.63, 3.8) is 0 Å². The molecule has 0 saturated heterocycles. The van der Waals surface area contributed by atoms with Crippen LogP contribution in [0.1, 0.15) is 31.8 Å². The number of aromatic hydroxyl groups is 2. The molecular formula is C18H6F4O4. The van der Waals surface area contributed by atoms with Gasteiger partial charge in [-0.25, -0.2) is 17.6 Å². The number of phenols is 2. The van der Waals surface area contributed by atoms with Crippen LogP contribution in [0.3, 0.4) is 0 Å². The lowest BCUT2D eigenvalue weighted by Gasteiger charge is -2.21. The van der Waals surface area contributed by atoms with Crippen molar-refractivity contribution >= 4 is 22.3 Å². The summed E-state index contributed by atoms with van der Waals surface area (Å²) in [6.45, 7) is 0. The van der Waals surface area contributed by atoms with Crippen LogP contribution >= 0.6 is 0 Å². The molecule has 0 radical (unpaired) electrons. The molecule has 130 valence electrons. The van der Waals surface area contributed by atoms with Gasteiger partial charge in [-0.3, -0.25) is 9.59 Å². The number of rotatable bonds is 0. The zero-order chi connectivity index (χ0) is 18.9. The zero-order valence-electron chi connectivity index (χ0n) is 12.5. The minimum Gasteiger partial charge on any atom is -0.506 e. The lowest BCUT2D eigenvalue weighted by molar-refractivity contribution is 0.0974. The van der Waals surface area contributed by atoms with Gasteiger partial charge in [-0.1, -0.05) is 0 Å². The fourth-order valence-electron chi connectivity index (χ4n) is 3.08. The Hall–Kier alpha value is -3.42. The monoisotopic (exact) mass is 362 g/mol. The maximum Gasteiger partial charge on any atom is 0.198 e. The Bertz CT molecular complexity index is 1090. The first-order chi connectivity index (χ1) is 12.2. The van der Waals surface area contributed by atoms with Gasteiger partial charge in [0.05, 0.1) is 11.1 Å². The van der Waals surface area contributed by atoms with Gasteiger partial charge in [-0.15, -0.1) is 0 Å². The molecule has 0 atom stereocenters. The van der Waals surface area contributed by atoms with E-state index >= 15 is 0 Å². The fraction of sp³-hybridized carbons (Fsp3) is 0. The number of carbonyl (C=O) groups is 2. The Kier molecular flexibility index (Phi) is 3.12. The fourth-order valence-corrected chi connectivity index (χ4v) is 3.08. The molecule has 0 unspecified atom stereocenters. The highest BCUT2D eigenvalue weighted by atomic mass is 19.2. The summed E-state index contributed by atoms with van der Waals surface area (Å²) in [5.74, 6) is -9.34. The summed E-state index contributed by atoms with van der Waals surface area (Å²) >= 11 is 0. The predicted octanol–water partition coefficient (Wildman–Crippen LogP) is 3.58. The molecule has 0 heterocycles. The molecule has 0 spiro atoms. The van der Waals surface area contributed by atoms with Gasteiger partial charge in [0.25, 0.3) is 0 Å². The summed E-state index contributed by atoms with van der Waals surface area (Å²) in [4.78, 5) is 25.2. The van der Waals surface area contributed by atoms with Gasteiger partial charge in [-0.2, -0.15) is 0 Å². The smallest absolute Gasteiger partial charge is 0.198 e. The number of hydrogen-bond donors (Lipinski definition) is 2. The van der Waals surface area contributed by atoms with E-state index in [0.29, 0.717) is 24.3 Å². The summed E-state index contributed by atoms with van der Waals surface area (Å²) in [6.07, 6.45) is 0. The number of carbonyl (C=O) groups excluding carboxylic acids is 2. The highest BCUT2D eigenvalue weighted by Gasteiger charge is 2.37. The molecule has 0 fully saturated rings. The van der Waals surface area contributed by atoms with Crippen molar-refractivity contribution in [2.24, 2.45) is 0 Å². The van der Waals surface area contributed by atoms with E-state index in [1.807, 2.05) is 0 Å². The first-order valence-electron chi connectivity index (χ1n) is 7.17. The van der Waals surface area contributed by atoms with Crippen molar-refractivity contribution < 1.29 is 37.4 Å². The first kappa shape index (κ1) is 16.1. The summed E-state index contributed by atoms with van der Waals surface area (Å²) in [6, 6.07) is 2.11. The Morgan fingerprint density at radius 3 is 1.23 bits per heavy atom. The Labute approximate surface area is 141 Å². The van der Waals surface area contributed by atoms with E-state index in [2.05, 4.69) is 0 Å². The molecule has 0 aromatic heterocycles. The molecule has 1 aliphatic rings. The van der Waals surface area contributed by atoms with Crippen LogP contribution in [0.15, 0.2) is 24.3 Å². The van der Waals surface area contributed by atoms with Crippen LogP contribution in [0.25, 0.3) is 10.8 Å². The predicted molar refractivity (Wildman–Crippen MR) is 80.4 cm³/mol. The molecule has 0 bridgehead atoms. The van der Waals surface area contributed by atoms with Crippen molar-refractivity contribution in [3.05, 3.63) is 69.8 Å². The molecule has 0 saturated carbocycles. The third kappa shape index (κ3) is 1.89. The molecule has 0 amide bonds. The SMILES string of the molecule is O=C1c2cc(F)c(F)cc2C(=O)c2c1c(O)c1cc(F)c(F)cc1c2O. The van der Waals surface area contributed by atoms with Gasteiger partial charge < -0.3 is 10.2 Å². The van der Waals surface area contributed by atoms with Gasteiger partial charge in [0.15, 0.2) is 34.8 Å². The van der Waals surface area contributed by atoms with Crippen LogP contribution in [0.5, 0.6) is 11.5 Å². The second-order valence-corrected chi connectivity index (χ2v) is 5.73. The Balaban J connectivity index is 2.16. The summed E-state index contributed by atoms with van der Waals surface area (Å²) in [7, 11) is 0. The van der Waals surface area contributed by atoms with Crippen molar-refractivity contribution in [2.45, 2.75) is 0 Å². The van der Waals surface area contributed by atoms with E-state index in [9.17, 15) is 37.4 Å². The van der Waals surface area contributed by atoms with E-state index in [-0.39, 0.29) is 0 Å². The lowest BCUT2D eigenvalue weighted by atomic mass is 9.81. The molecule has 3 aromatic carbocycles. The van der Waals surface area contributed by atoms with Crippen molar-refractivity contribution in [1.82, 2.24) is 0 Å². The second-order valence-electron chi connectivity index (χ2n) is 5.73. The number of ketones is 2. The largest absolute Gasteiger partial charge is 0.506 e. The van der Waals surface area contributed by atoms with Crippen LogP contribution in [0.4, 0.5) is 17.6 Å². The first-order valence-corrected chi connectivity index (χ1v) is 7.17.